The molecule has 126 valence electrons. The highest BCUT2D eigenvalue weighted by atomic mass is 16.4. The normalized spacial score (nSPS) is 22.3. The van der Waals surface area contributed by atoms with E-state index in [1.165, 1.54) is 5.56 Å². The summed E-state index contributed by atoms with van der Waals surface area (Å²) in [5, 5.41) is 12.3. The molecule has 1 aliphatic rings. The van der Waals surface area contributed by atoms with Gasteiger partial charge >= 0.3 is 5.97 Å². The number of nitrogens with one attached hydrogen (secondary N) is 1. The van der Waals surface area contributed by atoms with Crippen LogP contribution in [-0.4, -0.2) is 23.5 Å². The van der Waals surface area contributed by atoms with E-state index in [2.05, 4.69) is 24.4 Å². The van der Waals surface area contributed by atoms with Crippen LogP contribution in [0.25, 0.3) is 0 Å². The van der Waals surface area contributed by atoms with Crippen molar-refractivity contribution in [3.05, 3.63) is 35.9 Å². The summed E-state index contributed by atoms with van der Waals surface area (Å²) in [7, 11) is 0. The standard InChI is InChI=1S/C19H27NO3/c1-2-8-15(14-9-4-3-5-10-14)13-20-18(21)16-11-6-7-12-17(16)19(22)23/h3-5,9-10,15-17H,2,6-8,11-13H2,1H3,(H,20,21)(H,22,23)/t15-,16-,17-/m1/s1. The van der Waals surface area contributed by atoms with E-state index in [-0.39, 0.29) is 17.7 Å². The summed E-state index contributed by atoms with van der Waals surface area (Å²) in [6, 6.07) is 10.2. The van der Waals surface area contributed by atoms with Gasteiger partial charge in [-0.3, -0.25) is 9.59 Å². The fourth-order valence-electron chi connectivity index (χ4n) is 3.56. The Kier molecular flexibility index (Phi) is 6.63. The maximum atomic E-state index is 12.5. The van der Waals surface area contributed by atoms with Gasteiger partial charge in [0.2, 0.25) is 5.91 Å². The van der Waals surface area contributed by atoms with Crippen molar-refractivity contribution >= 4 is 11.9 Å². The summed E-state index contributed by atoms with van der Waals surface area (Å²) >= 11 is 0. The molecule has 0 spiro atoms. The van der Waals surface area contributed by atoms with Crippen molar-refractivity contribution < 1.29 is 14.7 Å². The first kappa shape index (κ1) is 17.5. The zero-order chi connectivity index (χ0) is 16.7. The molecule has 0 heterocycles. The summed E-state index contributed by atoms with van der Waals surface area (Å²) in [6.07, 6.45) is 5.22. The summed E-state index contributed by atoms with van der Waals surface area (Å²) in [6.45, 7) is 2.72. The monoisotopic (exact) mass is 317 g/mol. The van der Waals surface area contributed by atoms with Gasteiger partial charge in [-0.2, -0.15) is 0 Å². The van der Waals surface area contributed by atoms with Crippen molar-refractivity contribution in [2.45, 2.75) is 51.4 Å². The van der Waals surface area contributed by atoms with Crippen LogP contribution in [0.15, 0.2) is 30.3 Å². The van der Waals surface area contributed by atoms with E-state index in [0.717, 1.165) is 25.7 Å². The van der Waals surface area contributed by atoms with Crippen molar-refractivity contribution in [1.82, 2.24) is 5.32 Å². The lowest BCUT2D eigenvalue weighted by Crippen LogP contribution is -2.41. The lowest BCUT2D eigenvalue weighted by Gasteiger charge is -2.28. The van der Waals surface area contributed by atoms with Gasteiger partial charge in [0.05, 0.1) is 11.8 Å². The zero-order valence-electron chi connectivity index (χ0n) is 13.8. The van der Waals surface area contributed by atoms with Gasteiger partial charge in [-0.15, -0.1) is 0 Å². The molecule has 0 aromatic heterocycles. The molecule has 1 aromatic rings. The smallest absolute Gasteiger partial charge is 0.307 e. The lowest BCUT2D eigenvalue weighted by atomic mass is 9.78. The molecule has 1 aliphatic carbocycles. The van der Waals surface area contributed by atoms with E-state index in [4.69, 9.17) is 0 Å². The SMILES string of the molecule is CCC[C@H](CNC(=O)[C@@H]1CCCC[C@H]1C(=O)O)c1ccccc1. The van der Waals surface area contributed by atoms with Crippen molar-refractivity contribution in [3.8, 4) is 0 Å². The summed E-state index contributed by atoms with van der Waals surface area (Å²) in [5.74, 6) is -1.53. The first-order valence-corrected chi connectivity index (χ1v) is 8.69. The quantitative estimate of drug-likeness (QED) is 0.808. The highest BCUT2D eigenvalue weighted by Crippen LogP contribution is 2.30. The average Bonchev–Trinajstić information content (AvgIpc) is 2.59. The minimum Gasteiger partial charge on any atom is -0.481 e. The summed E-state index contributed by atoms with van der Waals surface area (Å²) in [4.78, 5) is 23.8. The van der Waals surface area contributed by atoms with Crippen LogP contribution in [-0.2, 0) is 9.59 Å². The molecule has 23 heavy (non-hydrogen) atoms. The molecule has 4 nitrogen and oxygen atoms in total. The van der Waals surface area contributed by atoms with Crippen LogP contribution in [0.5, 0.6) is 0 Å². The third-order valence-corrected chi connectivity index (χ3v) is 4.85. The van der Waals surface area contributed by atoms with Crippen molar-refractivity contribution in [1.29, 1.82) is 0 Å². The van der Waals surface area contributed by atoms with Gasteiger partial charge in [0.15, 0.2) is 0 Å². The fourth-order valence-corrected chi connectivity index (χ4v) is 3.56. The molecule has 0 aliphatic heterocycles. The number of rotatable bonds is 7. The molecule has 1 fully saturated rings. The van der Waals surface area contributed by atoms with E-state index in [9.17, 15) is 14.7 Å². The molecule has 0 radical (unpaired) electrons. The Balaban J connectivity index is 1.96. The minimum absolute atomic E-state index is 0.0888. The van der Waals surface area contributed by atoms with E-state index in [0.29, 0.717) is 19.4 Å². The summed E-state index contributed by atoms with van der Waals surface area (Å²) in [5.41, 5.74) is 1.23. The molecular formula is C19H27NO3. The van der Waals surface area contributed by atoms with Crippen molar-refractivity contribution in [2.75, 3.05) is 6.54 Å². The van der Waals surface area contributed by atoms with E-state index in [1.807, 2.05) is 18.2 Å². The molecule has 1 amide bonds. The largest absolute Gasteiger partial charge is 0.481 e. The molecule has 1 aromatic carbocycles. The Hall–Kier alpha value is -1.84. The van der Waals surface area contributed by atoms with Gasteiger partial charge in [-0.1, -0.05) is 56.5 Å². The number of aliphatic carboxylic acids is 1. The highest BCUT2D eigenvalue weighted by Gasteiger charge is 2.35. The second kappa shape index (κ2) is 8.70. The Labute approximate surface area is 138 Å². The first-order chi connectivity index (χ1) is 11.1. The number of carbonyl (C=O) groups excluding carboxylic acids is 1. The van der Waals surface area contributed by atoms with Gasteiger partial charge < -0.3 is 10.4 Å². The van der Waals surface area contributed by atoms with Gasteiger partial charge in [0, 0.05) is 12.5 Å². The molecule has 0 unspecified atom stereocenters. The van der Waals surface area contributed by atoms with Crippen molar-refractivity contribution in [3.63, 3.8) is 0 Å². The molecule has 1 saturated carbocycles. The van der Waals surface area contributed by atoms with E-state index < -0.39 is 11.9 Å². The van der Waals surface area contributed by atoms with Crippen LogP contribution in [0, 0.1) is 11.8 Å². The van der Waals surface area contributed by atoms with Crippen LogP contribution in [0.3, 0.4) is 0 Å². The van der Waals surface area contributed by atoms with Crippen LogP contribution in [0.1, 0.15) is 56.9 Å². The minimum atomic E-state index is -0.835. The number of hydrogen-bond donors (Lipinski definition) is 2. The number of benzene rings is 1. The molecular weight excluding hydrogens is 290 g/mol. The Bertz CT molecular complexity index is 515. The predicted octanol–water partition coefficient (Wildman–Crippen LogP) is 3.58. The molecule has 4 heteroatoms. The lowest BCUT2D eigenvalue weighted by molar-refractivity contribution is -0.148. The maximum Gasteiger partial charge on any atom is 0.307 e. The van der Waals surface area contributed by atoms with Gasteiger partial charge in [-0.25, -0.2) is 0 Å². The Morgan fingerprint density at radius 1 is 1.17 bits per heavy atom. The molecule has 3 atom stereocenters. The number of carboxylic acids is 1. The van der Waals surface area contributed by atoms with Crippen molar-refractivity contribution in [2.24, 2.45) is 11.8 Å². The number of carbonyl (C=O) groups is 2. The molecule has 2 N–H and O–H groups in total. The summed E-state index contributed by atoms with van der Waals surface area (Å²) < 4.78 is 0. The van der Waals surface area contributed by atoms with Crippen LogP contribution < -0.4 is 5.32 Å². The molecule has 0 bridgehead atoms. The second-order valence-electron chi connectivity index (χ2n) is 6.48. The number of carboxylic acid groups (broad SMARTS) is 1. The fraction of sp³-hybridized carbons (Fsp3) is 0.579. The zero-order valence-corrected chi connectivity index (χ0v) is 13.8. The second-order valence-corrected chi connectivity index (χ2v) is 6.48. The topological polar surface area (TPSA) is 66.4 Å². The van der Waals surface area contributed by atoms with Gasteiger partial charge in [-0.05, 0) is 24.8 Å². The average molecular weight is 317 g/mol. The van der Waals surface area contributed by atoms with Crippen LogP contribution in [0.4, 0.5) is 0 Å². The number of amides is 1. The van der Waals surface area contributed by atoms with E-state index in [1.54, 1.807) is 0 Å². The van der Waals surface area contributed by atoms with Gasteiger partial charge in [0.25, 0.3) is 0 Å². The highest BCUT2D eigenvalue weighted by molar-refractivity contribution is 5.84. The number of hydrogen-bond acceptors (Lipinski definition) is 2. The Morgan fingerprint density at radius 3 is 2.43 bits per heavy atom. The molecule has 0 saturated heterocycles. The maximum absolute atomic E-state index is 12.5. The molecule has 2 rings (SSSR count). The van der Waals surface area contributed by atoms with Crippen LogP contribution >= 0.6 is 0 Å². The third kappa shape index (κ3) is 4.81. The first-order valence-electron chi connectivity index (χ1n) is 8.69. The van der Waals surface area contributed by atoms with Crippen LogP contribution in [0.2, 0.25) is 0 Å². The van der Waals surface area contributed by atoms with Gasteiger partial charge in [0.1, 0.15) is 0 Å². The Morgan fingerprint density at radius 2 is 1.83 bits per heavy atom. The predicted molar refractivity (Wildman–Crippen MR) is 90.2 cm³/mol. The third-order valence-electron chi connectivity index (χ3n) is 4.85. The van der Waals surface area contributed by atoms with E-state index >= 15 is 0 Å².